The van der Waals surface area contributed by atoms with E-state index in [1.807, 2.05) is 24.3 Å². The Morgan fingerprint density at radius 3 is 2.83 bits per heavy atom. The van der Waals surface area contributed by atoms with Gasteiger partial charge in [0.2, 0.25) is 5.88 Å². The van der Waals surface area contributed by atoms with Crippen molar-refractivity contribution in [2.45, 2.75) is 25.4 Å². The zero-order valence-electron chi connectivity index (χ0n) is 13.1. The number of nitriles is 1. The Bertz CT molecular complexity index is 779. The number of hydrogen-bond donors (Lipinski definition) is 1. The van der Waals surface area contributed by atoms with Gasteiger partial charge < -0.3 is 15.2 Å². The van der Waals surface area contributed by atoms with Gasteiger partial charge in [-0.05, 0) is 31.3 Å². The highest BCUT2D eigenvalue weighted by atomic mass is 16.6. The second-order valence-corrected chi connectivity index (χ2v) is 6.44. The van der Waals surface area contributed by atoms with Crippen LogP contribution in [0.3, 0.4) is 0 Å². The number of fused-ring (bicyclic) bond motifs is 2. The zero-order valence-corrected chi connectivity index (χ0v) is 13.1. The minimum Gasteiger partial charge on any atom is -0.454 e. The van der Waals surface area contributed by atoms with Gasteiger partial charge in [-0.25, -0.2) is 4.79 Å². The van der Waals surface area contributed by atoms with Crippen molar-refractivity contribution in [3.05, 3.63) is 59.2 Å². The Hall–Kier alpha value is -2.74. The molecule has 4 aliphatic rings. The van der Waals surface area contributed by atoms with E-state index in [0.717, 1.165) is 19.3 Å². The molecule has 0 spiro atoms. The van der Waals surface area contributed by atoms with Crippen LogP contribution in [0.1, 0.15) is 19.3 Å². The molecule has 0 fully saturated rings. The number of carbonyl (C=O) groups is 1. The Balaban J connectivity index is 1.84. The van der Waals surface area contributed by atoms with Crippen LogP contribution in [0, 0.1) is 29.1 Å². The van der Waals surface area contributed by atoms with Crippen LogP contribution < -0.4 is 5.73 Å². The second kappa shape index (κ2) is 5.72. The minimum atomic E-state index is -0.407. The third-order valence-electron chi connectivity index (χ3n) is 5.06. The summed E-state index contributed by atoms with van der Waals surface area (Å²) in [5.74, 6) is -0.267. The van der Waals surface area contributed by atoms with Crippen molar-refractivity contribution in [1.82, 2.24) is 0 Å². The second-order valence-electron chi connectivity index (χ2n) is 6.44. The standard InChI is InChI=1S/C19H18N2O3/c20-10-13-15(11-6-2-1-3-7-11)16-17(24-18(13)21)12-8-4-5-9-14(12)23-19(16)22/h2,4-6,8-9,11-12,14-15H,1,3,7,21H2/t11-,12+,14-,15+/m1/s1. The van der Waals surface area contributed by atoms with Crippen molar-refractivity contribution in [3.63, 3.8) is 0 Å². The molecule has 0 unspecified atom stereocenters. The molecule has 0 amide bonds. The maximum Gasteiger partial charge on any atom is 0.338 e. The number of ether oxygens (including phenoxy) is 2. The number of esters is 1. The third kappa shape index (κ3) is 2.18. The number of carbonyl (C=O) groups excluding carboxylic acids is 1. The van der Waals surface area contributed by atoms with E-state index >= 15 is 0 Å². The topological polar surface area (TPSA) is 85.3 Å². The molecule has 0 saturated heterocycles. The molecular weight excluding hydrogens is 304 g/mol. The molecule has 0 radical (unpaired) electrons. The molecule has 122 valence electrons. The number of nitrogens with two attached hydrogens (primary N) is 1. The first kappa shape index (κ1) is 14.8. The highest BCUT2D eigenvalue weighted by molar-refractivity contribution is 5.92. The fourth-order valence-electron chi connectivity index (χ4n) is 3.95. The Kier molecular flexibility index (Phi) is 3.53. The predicted octanol–water partition coefficient (Wildman–Crippen LogP) is 2.60. The van der Waals surface area contributed by atoms with E-state index < -0.39 is 5.97 Å². The molecule has 0 aromatic carbocycles. The molecular formula is C19H18N2O3. The summed E-state index contributed by atoms with van der Waals surface area (Å²) in [4.78, 5) is 12.7. The van der Waals surface area contributed by atoms with Gasteiger partial charge in [0.25, 0.3) is 0 Å². The Morgan fingerprint density at radius 2 is 2.08 bits per heavy atom. The van der Waals surface area contributed by atoms with Gasteiger partial charge in [0.05, 0.1) is 17.1 Å². The number of allylic oxidation sites excluding steroid dienone is 5. The van der Waals surface area contributed by atoms with E-state index in [1.165, 1.54) is 0 Å². The summed E-state index contributed by atoms with van der Waals surface area (Å²) < 4.78 is 11.4. The summed E-state index contributed by atoms with van der Waals surface area (Å²) in [6.45, 7) is 0. The van der Waals surface area contributed by atoms with E-state index in [0.29, 0.717) is 16.9 Å². The molecule has 0 saturated carbocycles. The molecule has 0 aromatic rings. The van der Waals surface area contributed by atoms with Gasteiger partial charge in [-0.3, -0.25) is 0 Å². The summed E-state index contributed by atoms with van der Waals surface area (Å²) in [5.41, 5.74) is 6.83. The van der Waals surface area contributed by atoms with E-state index in [1.54, 1.807) is 0 Å². The van der Waals surface area contributed by atoms with Gasteiger partial charge in [0, 0.05) is 5.92 Å². The molecule has 4 rings (SSSR count). The lowest BCUT2D eigenvalue weighted by atomic mass is 9.72. The Labute approximate surface area is 140 Å². The number of rotatable bonds is 1. The van der Waals surface area contributed by atoms with Gasteiger partial charge in [-0.15, -0.1) is 0 Å². The monoisotopic (exact) mass is 322 g/mol. The van der Waals surface area contributed by atoms with Crippen LogP contribution in [0.4, 0.5) is 0 Å². The maximum atomic E-state index is 12.7. The molecule has 24 heavy (non-hydrogen) atoms. The minimum absolute atomic E-state index is 0.0630. The molecule has 5 nitrogen and oxygen atoms in total. The molecule has 2 aliphatic heterocycles. The van der Waals surface area contributed by atoms with Crippen molar-refractivity contribution in [2.75, 3.05) is 0 Å². The summed E-state index contributed by atoms with van der Waals surface area (Å²) >= 11 is 0. The summed E-state index contributed by atoms with van der Waals surface area (Å²) in [6, 6.07) is 2.15. The molecule has 5 heteroatoms. The average molecular weight is 322 g/mol. The highest BCUT2D eigenvalue weighted by Gasteiger charge is 2.47. The largest absolute Gasteiger partial charge is 0.454 e. The Morgan fingerprint density at radius 1 is 1.25 bits per heavy atom. The highest BCUT2D eigenvalue weighted by Crippen LogP contribution is 2.46. The molecule has 0 bridgehead atoms. The molecule has 4 atom stereocenters. The van der Waals surface area contributed by atoms with E-state index in [9.17, 15) is 10.1 Å². The lowest BCUT2D eigenvalue weighted by Crippen LogP contribution is -2.41. The fourth-order valence-corrected chi connectivity index (χ4v) is 3.95. The van der Waals surface area contributed by atoms with Crippen molar-refractivity contribution in [3.8, 4) is 6.07 Å². The molecule has 2 aliphatic carbocycles. The smallest absolute Gasteiger partial charge is 0.338 e. The SMILES string of the molecule is N#CC1=C(N)OC2=C(C(=O)O[C@@H]3C=CC=C[C@H]23)[C@H]1[C@@H]1C=CCCC1. The summed E-state index contributed by atoms with van der Waals surface area (Å²) in [5, 5.41) is 9.58. The first-order chi connectivity index (χ1) is 11.7. The van der Waals surface area contributed by atoms with Crippen molar-refractivity contribution in [1.29, 1.82) is 5.26 Å². The number of nitrogens with zero attached hydrogens (tertiary/aromatic N) is 1. The average Bonchev–Trinajstić information content (AvgIpc) is 2.61. The van der Waals surface area contributed by atoms with Crippen LogP contribution in [0.25, 0.3) is 0 Å². The number of hydrogen-bond acceptors (Lipinski definition) is 5. The third-order valence-corrected chi connectivity index (χ3v) is 5.06. The molecule has 0 aromatic heterocycles. The normalized spacial score (nSPS) is 34.2. The molecule has 2 N–H and O–H groups in total. The first-order valence-corrected chi connectivity index (χ1v) is 8.25. The lowest BCUT2D eigenvalue weighted by molar-refractivity contribution is -0.147. The van der Waals surface area contributed by atoms with Crippen molar-refractivity contribution < 1.29 is 14.3 Å². The van der Waals surface area contributed by atoms with Gasteiger partial charge in [-0.2, -0.15) is 5.26 Å². The van der Waals surface area contributed by atoms with Gasteiger partial charge in [0.15, 0.2) is 0 Å². The summed E-state index contributed by atoms with van der Waals surface area (Å²) in [6.07, 6.45) is 14.3. The van der Waals surface area contributed by atoms with E-state index in [4.69, 9.17) is 15.2 Å². The van der Waals surface area contributed by atoms with Crippen LogP contribution in [-0.4, -0.2) is 12.1 Å². The van der Waals surface area contributed by atoms with E-state index in [-0.39, 0.29) is 29.7 Å². The van der Waals surface area contributed by atoms with Gasteiger partial charge in [-0.1, -0.05) is 30.4 Å². The predicted molar refractivity (Wildman–Crippen MR) is 86.6 cm³/mol. The first-order valence-electron chi connectivity index (χ1n) is 8.25. The van der Waals surface area contributed by atoms with Crippen LogP contribution in [0.2, 0.25) is 0 Å². The summed E-state index contributed by atoms with van der Waals surface area (Å²) in [7, 11) is 0. The van der Waals surface area contributed by atoms with Crippen molar-refractivity contribution in [2.24, 2.45) is 23.5 Å². The lowest BCUT2D eigenvalue weighted by Gasteiger charge is -2.39. The van der Waals surface area contributed by atoms with Crippen LogP contribution in [0.15, 0.2) is 59.2 Å². The van der Waals surface area contributed by atoms with Crippen LogP contribution in [0.5, 0.6) is 0 Å². The van der Waals surface area contributed by atoms with Crippen LogP contribution >= 0.6 is 0 Å². The van der Waals surface area contributed by atoms with Crippen molar-refractivity contribution >= 4 is 5.97 Å². The van der Waals surface area contributed by atoms with Gasteiger partial charge in [0.1, 0.15) is 17.9 Å². The maximum absolute atomic E-state index is 12.7. The fraction of sp³-hybridized carbons (Fsp3) is 0.368. The van der Waals surface area contributed by atoms with Crippen LogP contribution in [-0.2, 0) is 14.3 Å². The zero-order chi connectivity index (χ0) is 16.7. The quantitative estimate of drug-likeness (QED) is 0.592. The molecule has 2 heterocycles. The van der Waals surface area contributed by atoms with Gasteiger partial charge >= 0.3 is 5.97 Å². The van der Waals surface area contributed by atoms with E-state index in [2.05, 4.69) is 18.2 Å².